The molecular formula is C11H10FN3. The average molecular weight is 203 g/mol. The summed E-state index contributed by atoms with van der Waals surface area (Å²) < 4.78 is 13.0. The van der Waals surface area contributed by atoms with Gasteiger partial charge in [0.1, 0.15) is 11.6 Å². The first-order chi connectivity index (χ1) is 7.16. The Bertz CT molecular complexity index is 480. The van der Waals surface area contributed by atoms with Gasteiger partial charge >= 0.3 is 0 Å². The number of hydrogen-bond donors (Lipinski definition) is 1. The van der Waals surface area contributed by atoms with E-state index in [-0.39, 0.29) is 5.82 Å². The number of aryl methyl sites for hydroxylation is 1. The summed E-state index contributed by atoms with van der Waals surface area (Å²) in [7, 11) is 0. The van der Waals surface area contributed by atoms with E-state index in [0.29, 0.717) is 17.1 Å². The van der Waals surface area contributed by atoms with E-state index in [0.717, 1.165) is 5.56 Å². The first-order valence-electron chi connectivity index (χ1n) is 4.51. The van der Waals surface area contributed by atoms with Crippen molar-refractivity contribution in [1.82, 2.24) is 9.97 Å². The second kappa shape index (κ2) is 3.65. The number of anilines is 1. The zero-order valence-electron chi connectivity index (χ0n) is 8.24. The number of nitrogens with two attached hydrogens (primary N) is 1. The number of nitrogens with zero attached hydrogens (tertiary/aromatic N) is 2. The van der Waals surface area contributed by atoms with Gasteiger partial charge in [0, 0.05) is 5.56 Å². The lowest BCUT2D eigenvalue weighted by Gasteiger charge is -2.02. The summed E-state index contributed by atoms with van der Waals surface area (Å²) in [5.41, 5.74) is 7.54. The van der Waals surface area contributed by atoms with Crippen LogP contribution in [0.15, 0.2) is 30.6 Å². The lowest BCUT2D eigenvalue weighted by Crippen LogP contribution is -1.93. The van der Waals surface area contributed by atoms with Gasteiger partial charge in [-0.3, -0.25) is 4.98 Å². The van der Waals surface area contributed by atoms with Gasteiger partial charge in [0.25, 0.3) is 0 Å². The van der Waals surface area contributed by atoms with Gasteiger partial charge < -0.3 is 5.73 Å². The Morgan fingerprint density at radius 2 is 2.00 bits per heavy atom. The van der Waals surface area contributed by atoms with Crippen LogP contribution >= 0.6 is 0 Å². The summed E-state index contributed by atoms with van der Waals surface area (Å²) in [4.78, 5) is 8.04. The average Bonchev–Trinajstić information content (AvgIpc) is 2.23. The van der Waals surface area contributed by atoms with E-state index in [9.17, 15) is 4.39 Å². The van der Waals surface area contributed by atoms with Gasteiger partial charge in [-0.05, 0) is 30.7 Å². The Kier molecular flexibility index (Phi) is 2.33. The molecule has 4 heteroatoms. The molecule has 0 spiro atoms. The molecule has 1 aromatic carbocycles. The van der Waals surface area contributed by atoms with Gasteiger partial charge in [-0.1, -0.05) is 0 Å². The van der Waals surface area contributed by atoms with Crippen molar-refractivity contribution >= 4 is 5.82 Å². The van der Waals surface area contributed by atoms with E-state index in [1.807, 2.05) is 0 Å². The van der Waals surface area contributed by atoms with Crippen molar-refractivity contribution in [2.75, 3.05) is 5.73 Å². The van der Waals surface area contributed by atoms with Crippen molar-refractivity contribution in [1.29, 1.82) is 0 Å². The largest absolute Gasteiger partial charge is 0.382 e. The van der Waals surface area contributed by atoms with Crippen molar-refractivity contribution in [3.8, 4) is 11.3 Å². The summed E-state index contributed by atoms with van der Waals surface area (Å²) in [6, 6.07) is 4.82. The predicted molar refractivity (Wildman–Crippen MR) is 56.6 cm³/mol. The molecule has 15 heavy (non-hydrogen) atoms. The molecule has 2 N–H and O–H groups in total. The highest BCUT2D eigenvalue weighted by Gasteiger charge is 2.02. The molecule has 0 saturated carbocycles. The molecule has 0 saturated heterocycles. The maximum atomic E-state index is 13.0. The summed E-state index contributed by atoms with van der Waals surface area (Å²) in [6.45, 7) is 1.71. The molecule has 0 aliphatic carbocycles. The number of halogens is 1. The van der Waals surface area contributed by atoms with E-state index >= 15 is 0 Å². The zero-order chi connectivity index (χ0) is 10.8. The van der Waals surface area contributed by atoms with Crippen LogP contribution < -0.4 is 5.73 Å². The molecule has 0 aliphatic rings. The number of hydrogen-bond acceptors (Lipinski definition) is 3. The highest BCUT2D eigenvalue weighted by atomic mass is 19.1. The van der Waals surface area contributed by atoms with Gasteiger partial charge in [0.15, 0.2) is 0 Å². The lowest BCUT2D eigenvalue weighted by atomic mass is 10.1. The molecule has 0 bridgehead atoms. The molecule has 0 unspecified atom stereocenters. The molecule has 1 aromatic heterocycles. The van der Waals surface area contributed by atoms with E-state index in [4.69, 9.17) is 5.73 Å². The van der Waals surface area contributed by atoms with Crippen LogP contribution in [0.3, 0.4) is 0 Å². The van der Waals surface area contributed by atoms with Gasteiger partial charge in [-0.25, -0.2) is 9.37 Å². The van der Waals surface area contributed by atoms with Gasteiger partial charge in [0.05, 0.1) is 18.1 Å². The number of rotatable bonds is 1. The first-order valence-corrected chi connectivity index (χ1v) is 4.51. The second-order valence-electron chi connectivity index (χ2n) is 3.29. The maximum Gasteiger partial charge on any atom is 0.141 e. The maximum absolute atomic E-state index is 13.0. The Morgan fingerprint density at radius 3 is 2.60 bits per heavy atom. The molecular weight excluding hydrogens is 193 g/mol. The minimum atomic E-state index is -0.220. The van der Waals surface area contributed by atoms with Crippen LogP contribution in [0.2, 0.25) is 0 Å². The Balaban J connectivity index is 2.45. The first kappa shape index (κ1) is 9.58. The minimum absolute atomic E-state index is 0.220. The molecule has 76 valence electrons. The number of aromatic nitrogens is 2. The molecule has 0 atom stereocenters. The Labute approximate surface area is 86.8 Å². The van der Waals surface area contributed by atoms with Crippen LogP contribution in [0.1, 0.15) is 5.56 Å². The van der Waals surface area contributed by atoms with Crippen molar-refractivity contribution in [2.45, 2.75) is 6.92 Å². The molecule has 1 heterocycles. The van der Waals surface area contributed by atoms with E-state index in [2.05, 4.69) is 9.97 Å². The van der Waals surface area contributed by atoms with Crippen LogP contribution in [0.4, 0.5) is 10.2 Å². The van der Waals surface area contributed by atoms with Crippen LogP contribution in [0.25, 0.3) is 11.3 Å². The topological polar surface area (TPSA) is 51.8 Å². The van der Waals surface area contributed by atoms with Gasteiger partial charge in [0.2, 0.25) is 0 Å². The Morgan fingerprint density at radius 1 is 1.20 bits per heavy atom. The number of nitrogen functional groups attached to an aromatic ring is 1. The normalized spacial score (nSPS) is 10.3. The zero-order valence-corrected chi connectivity index (χ0v) is 8.24. The smallest absolute Gasteiger partial charge is 0.141 e. The van der Waals surface area contributed by atoms with Crippen LogP contribution in [0.5, 0.6) is 0 Å². The third kappa shape index (κ3) is 1.93. The highest BCUT2D eigenvalue weighted by Crippen LogP contribution is 2.19. The third-order valence-electron chi connectivity index (χ3n) is 2.13. The van der Waals surface area contributed by atoms with Gasteiger partial charge in [-0.2, -0.15) is 0 Å². The highest BCUT2D eigenvalue weighted by molar-refractivity contribution is 5.59. The SMILES string of the molecule is Cc1cc(-c2cnc(N)cn2)ccc1F. The molecule has 0 fully saturated rings. The fraction of sp³-hybridized carbons (Fsp3) is 0.0909. The van der Waals surface area contributed by atoms with E-state index in [1.165, 1.54) is 12.3 Å². The van der Waals surface area contributed by atoms with Crippen molar-refractivity contribution in [2.24, 2.45) is 0 Å². The monoisotopic (exact) mass is 203 g/mol. The van der Waals surface area contributed by atoms with Crippen LogP contribution in [-0.2, 0) is 0 Å². The minimum Gasteiger partial charge on any atom is -0.382 e. The fourth-order valence-electron chi connectivity index (χ4n) is 1.29. The van der Waals surface area contributed by atoms with Crippen molar-refractivity contribution in [3.05, 3.63) is 42.0 Å². The van der Waals surface area contributed by atoms with Crippen molar-refractivity contribution < 1.29 is 4.39 Å². The third-order valence-corrected chi connectivity index (χ3v) is 2.13. The molecule has 3 nitrogen and oxygen atoms in total. The predicted octanol–water partition coefficient (Wildman–Crippen LogP) is 2.17. The van der Waals surface area contributed by atoms with E-state index in [1.54, 1.807) is 25.3 Å². The summed E-state index contributed by atoms with van der Waals surface area (Å²) in [6.07, 6.45) is 3.05. The summed E-state index contributed by atoms with van der Waals surface area (Å²) in [5, 5.41) is 0. The Hall–Kier alpha value is -1.97. The number of benzene rings is 1. The molecule has 2 rings (SSSR count). The lowest BCUT2D eigenvalue weighted by molar-refractivity contribution is 0.619. The van der Waals surface area contributed by atoms with E-state index < -0.39 is 0 Å². The molecule has 0 amide bonds. The van der Waals surface area contributed by atoms with Gasteiger partial charge in [-0.15, -0.1) is 0 Å². The summed E-state index contributed by atoms with van der Waals surface area (Å²) in [5.74, 6) is 0.153. The van der Waals surface area contributed by atoms with Crippen LogP contribution in [0, 0.1) is 12.7 Å². The molecule has 0 radical (unpaired) electrons. The summed E-state index contributed by atoms with van der Waals surface area (Å²) >= 11 is 0. The molecule has 2 aromatic rings. The second-order valence-corrected chi connectivity index (χ2v) is 3.29. The quantitative estimate of drug-likeness (QED) is 0.772. The standard InChI is InChI=1S/C11H10FN3/c1-7-4-8(2-3-9(7)12)10-5-15-11(13)6-14-10/h2-6H,1H3,(H2,13,15). The van der Waals surface area contributed by atoms with Crippen molar-refractivity contribution in [3.63, 3.8) is 0 Å². The fourth-order valence-corrected chi connectivity index (χ4v) is 1.29. The molecule has 0 aliphatic heterocycles. The van der Waals surface area contributed by atoms with Crippen LogP contribution in [-0.4, -0.2) is 9.97 Å².